The first-order valence-electron chi connectivity index (χ1n) is 5.67. The second-order valence-corrected chi connectivity index (χ2v) is 4.48. The molecule has 1 N–H and O–H groups in total. The number of nitrogens with zero attached hydrogens (tertiary/aromatic N) is 3. The Hall–Kier alpha value is -2.21. The molecule has 96 valence electrons. The lowest BCUT2D eigenvalue weighted by atomic mass is 10.2. The number of nitrogens with one attached hydrogen (secondary N) is 1. The van der Waals surface area contributed by atoms with Crippen LogP contribution in [0.3, 0.4) is 0 Å². The first-order valence-corrected chi connectivity index (χ1v) is 6.05. The van der Waals surface area contributed by atoms with Gasteiger partial charge in [-0.1, -0.05) is 0 Å². The number of rotatable bonds is 1. The monoisotopic (exact) mass is 276 g/mol. The lowest BCUT2D eigenvalue weighted by Gasteiger charge is -2.26. The van der Waals surface area contributed by atoms with E-state index in [1.807, 2.05) is 0 Å². The third-order valence-corrected chi connectivity index (χ3v) is 3.08. The van der Waals surface area contributed by atoms with E-state index in [4.69, 9.17) is 11.6 Å². The number of halogens is 1. The van der Waals surface area contributed by atoms with Gasteiger partial charge in [-0.15, -0.1) is 0 Å². The van der Waals surface area contributed by atoms with E-state index in [0.717, 1.165) is 5.39 Å². The average molecular weight is 277 g/mol. The molecule has 0 saturated carbocycles. The summed E-state index contributed by atoms with van der Waals surface area (Å²) in [5.41, 5.74) is 1.40. The van der Waals surface area contributed by atoms with Gasteiger partial charge >= 0.3 is 6.03 Å². The van der Waals surface area contributed by atoms with Crippen molar-refractivity contribution in [3.05, 3.63) is 29.7 Å². The molecule has 0 aliphatic carbocycles. The predicted octanol–water partition coefficient (Wildman–Crippen LogP) is 1.73. The highest BCUT2D eigenvalue weighted by molar-refractivity contribution is 6.28. The smallest absolute Gasteiger partial charge is 0.294 e. The number of hydrogen-bond acceptors (Lipinski definition) is 4. The number of imide groups is 1. The molecular formula is C12H9ClN4O2. The fraction of sp³-hybridized carbons (Fsp3) is 0.167. The Balaban J connectivity index is 1.99. The van der Waals surface area contributed by atoms with Crippen molar-refractivity contribution >= 4 is 40.1 Å². The van der Waals surface area contributed by atoms with E-state index >= 15 is 0 Å². The van der Waals surface area contributed by atoms with Crippen LogP contribution in [0.1, 0.15) is 6.42 Å². The van der Waals surface area contributed by atoms with Gasteiger partial charge < -0.3 is 0 Å². The fourth-order valence-corrected chi connectivity index (χ4v) is 2.12. The number of carbonyl (C=O) groups excluding carboxylic acids is 2. The van der Waals surface area contributed by atoms with Gasteiger partial charge in [0.15, 0.2) is 0 Å². The molecule has 0 unspecified atom stereocenters. The maximum Gasteiger partial charge on any atom is 0.328 e. The second-order valence-electron chi connectivity index (χ2n) is 4.14. The van der Waals surface area contributed by atoms with Gasteiger partial charge in [-0.2, -0.15) is 0 Å². The standard InChI is InChI=1S/C12H9ClN4O2/c13-11-14-6-7-5-8(1-2-9(7)15-11)17-4-3-10(18)16-12(17)19/h1-2,5-6H,3-4H2,(H,16,18,19). The molecular weight excluding hydrogens is 268 g/mol. The van der Waals surface area contributed by atoms with Gasteiger partial charge in [0.25, 0.3) is 0 Å². The van der Waals surface area contributed by atoms with E-state index in [2.05, 4.69) is 15.3 Å². The van der Waals surface area contributed by atoms with Crippen molar-refractivity contribution in [3.63, 3.8) is 0 Å². The molecule has 19 heavy (non-hydrogen) atoms. The number of amides is 3. The number of hydrogen-bond donors (Lipinski definition) is 1. The van der Waals surface area contributed by atoms with Gasteiger partial charge in [-0.05, 0) is 29.8 Å². The minimum atomic E-state index is -0.412. The quantitative estimate of drug-likeness (QED) is 0.805. The van der Waals surface area contributed by atoms with Crippen LogP contribution in [0.15, 0.2) is 24.4 Å². The van der Waals surface area contributed by atoms with Crippen LogP contribution >= 0.6 is 11.6 Å². The number of urea groups is 1. The van der Waals surface area contributed by atoms with Gasteiger partial charge in [-0.25, -0.2) is 14.8 Å². The number of fused-ring (bicyclic) bond motifs is 1. The summed E-state index contributed by atoms with van der Waals surface area (Å²) >= 11 is 5.71. The van der Waals surface area contributed by atoms with Gasteiger partial charge in [0.2, 0.25) is 11.2 Å². The highest BCUT2D eigenvalue weighted by atomic mass is 35.5. The fourth-order valence-electron chi connectivity index (χ4n) is 1.98. The second kappa shape index (κ2) is 4.47. The number of carbonyl (C=O) groups is 2. The van der Waals surface area contributed by atoms with E-state index < -0.39 is 6.03 Å². The third-order valence-electron chi connectivity index (χ3n) is 2.90. The molecule has 1 fully saturated rings. The first kappa shape index (κ1) is 11.9. The molecule has 3 amide bonds. The van der Waals surface area contributed by atoms with Crippen LogP contribution in [0.4, 0.5) is 10.5 Å². The van der Waals surface area contributed by atoms with Gasteiger partial charge in [0.05, 0.1) is 5.52 Å². The lowest BCUT2D eigenvalue weighted by molar-refractivity contribution is -0.120. The lowest BCUT2D eigenvalue weighted by Crippen LogP contribution is -2.49. The minimum absolute atomic E-state index is 0.182. The molecule has 0 bridgehead atoms. The first-order chi connectivity index (χ1) is 9.13. The zero-order valence-corrected chi connectivity index (χ0v) is 10.5. The molecule has 1 aromatic carbocycles. The van der Waals surface area contributed by atoms with Crippen molar-refractivity contribution in [2.75, 3.05) is 11.4 Å². The van der Waals surface area contributed by atoms with Crippen molar-refractivity contribution in [2.24, 2.45) is 0 Å². The number of benzene rings is 1. The third kappa shape index (κ3) is 2.22. The Morgan fingerprint density at radius 3 is 2.95 bits per heavy atom. The summed E-state index contributed by atoms with van der Waals surface area (Å²) < 4.78 is 0. The highest BCUT2D eigenvalue weighted by Crippen LogP contribution is 2.22. The molecule has 0 radical (unpaired) electrons. The number of anilines is 1. The Bertz CT molecular complexity index is 688. The number of aromatic nitrogens is 2. The average Bonchev–Trinajstić information content (AvgIpc) is 2.38. The summed E-state index contributed by atoms with van der Waals surface area (Å²) in [6.07, 6.45) is 1.89. The van der Waals surface area contributed by atoms with Crippen LogP contribution < -0.4 is 10.2 Å². The van der Waals surface area contributed by atoms with Crippen LogP contribution in [0.2, 0.25) is 5.28 Å². The van der Waals surface area contributed by atoms with Crippen molar-refractivity contribution in [2.45, 2.75) is 6.42 Å². The normalized spacial score (nSPS) is 15.7. The maximum absolute atomic E-state index is 11.7. The molecule has 2 heterocycles. The van der Waals surface area contributed by atoms with Crippen molar-refractivity contribution in [3.8, 4) is 0 Å². The summed E-state index contributed by atoms with van der Waals surface area (Å²) in [7, 11) is 0. The maximum atomic E-state index is 11.7. The van der Waals surface area contributed by atoms with Crippen LogP contribution in [0, 0.1) is 0 Å². The van der Waals surface area contributed by atoms with E-state index in [0.29, 0.717) is 24.2 Å². The predicted molar refractivity (Wildman–Crippen MR) is 70.0 cm³/mol. The zero-order valence-electron chi connectivity index (χ0n) is 9.76. The van der Waals surface area contributed by atoms with E-state index in [-0.39, 0.29) is 11.2 Å². The summed E-state index contributed by atoms with van der Waals surface area (Å²) in [4.78, 5) is 32.3. The molecule has 1 aliphatic rings. The summed E-state index contributed by atoms with van der Waals surface area (Å²) in [6, 6.07) is 4.91. The van der Waals surface area contributed by atoms with Crippen LogP contribution in [0.25, 0.3) is 10.9 Å². The van der Waals surface area contributed by atoms with E-state index in [1.54, 1.807) is 24.4 Å². The summed E-state index contributed by atoms with van der Waals surface area (Å²) in [5, 5.41) is 3.25. The van der Waals surface area contributed by atoms with Gasteiger partial charge in [-0.3, -0.25) is 15.0 Å². The molecule has 6 nitrogen and oxygen atoms in total. The van der Waals surface area contributed by atoms with Crippen LogP contribution in [-0.2, 0) is 4.79 Å². The highest BCUT2D eigenvalue weighted by Gasteiger charge is 2.24. The Labute approximate surface area is 113 Å². The van der Waals surface area contributed by atoms with Crippen LogP contribution in [-0.4, -0.2) is 28.5 Å². The molecule has 1 saturated heterocycles. The zero-order chi connectivity index (χ0) is 13.4. The van der Waals surface area contributed by atoms with E-state index in [9.17, 15) is 9.59 Å². The SMILES string of the molecule is O=C1CCN(c2ccc3nc(Cl)ncc3c2)C(=O)N1. The topological polar surface area (TPSA) is 75.2 Å². The van der Waals surface area contributed by atoms with Crippen molar-refractivity contribution in [1.82, 2.24) is 15.3 Å². The molecule has 0 atom stereocenters. The van der Waals surface area contributed by atoms with Gasteiger partial charge in [0.1, 0.15) is 0 Å². The Kier molecular flexibility index (Phi) is 2.79. The summed E-state index contributed by atoms with van der Waals surface area (Å²) in [6.45, 7) is 0.366. The van der Waals surface area contributed by atoms with Crippen molar-refractivity contribution < 1.29 is 9.59 Å². The molecule has 1 aliphatic heterocycles. The minimum Gasteiger partial charge on any atom is -0.294 e. The molecule has 0 spiro atoms. The van der Waals surface area contributed by atoms with E-state index in [1.165, 1.54) is 4.90 Å². The summed E-state index contributed by atoms with van der Waals surface area (Å²) in [5.74, 6) is -0.253. The van der Waals surface area contributed by atoms with Gasteiger partial charge in [0, 0.05) is 30.2 Å². The van der Waals surface area contributed by atoms with Crippen molar-refractivity contribution in [1.29, 1.82) is 0 Å². The molecule has 3 rings (SSSR count). The molecule has 2 aromatic rings. The Morgan fingerprint density at radius 1 is 1.32 bits per heavy atom. The molecule has 1 aromatic heterocycles. The Morgan fingerprint density at radius 2 is 2.16 bits per heavy atom. The van der Waals surface area contributed by atoms with Crippen LogP contribution in [0.5, 0.6) is 0 Å². The molecule has 7 heteroatoms. The largest absolute Gasteiger partial charge is 0.328 e.